The van der Waals surface area contributed by atoms with Crippen LogP contribution in [0.25, 0.3) is 5.69 Å². The molecule has 0 N–H and O–H groups in total. The lowest BCUT2D eigenvalue weighted by Crippen LogP contribution is -2.23. The van der Waals surface area contributed by atoms with Gasteiger partial charge >= 0.3 is 5.69 Å². The molecule has 0 unspecified atom stereocenters. The molecule has 0 spiro atoms. The minimum Gasteiger partial charge on any atom is -0.391 e. The summed E-state index contributed by atoms with van der Waals surface area (Å²) >= 11 is 6.29. The third-order valence-corrected chi connectivity index (χ3v) is 4.28. The third kappa shape index (κ3) is 3.67. The van der Waals surface area contributed by atoms with E-state index < -0.39 is 0 Å². The Morgan fingerprint density at radius 1 is 1.19 bits per heavy atom. The molecule has 3 aromatic rings. The summed E-state index contributed by atoms with van der Waals surface area (Å²) in [5, 5.41) is 12.2. The Bertz CT molecular complexity index is 1010. The van der Waals surface area contributed by atoms with Gasteiger partial charge in [0, 0.05) is 17.6 Å². The van der Waals surface area contributed by atoms with Gasteiger partial charge in [0.2, 0.25) is 0 Å². The van der Waals surface area contributed by atoms with E-state index in [2.05, 4.69) is 15.6 Å². The van der Waals surface area contributed by atoms with E-state index in [0.717, 1.165) is 16.0 Å². The predicted octanol–water partition coefficient (Wildman–Crippen LogP) is 2.87. The summed E-state index contributed by atoms with van der Waals surface area (Å²) in [7, 11) is 1.53. The molecule has 0 radical (unpaired) electrons. The lowest BCUT2D eigenvalue weighted by molar-refractivity contribution is 0.130. The number of benzene rings is 2. The van der Waals surface area contributed by atoms with E-state index in [4.69, 9.17) is 16.4 Å². The molecule has 2 aromatic carbocycles. The summed E-state index contributed by atoms with van der Waals surface area (Å²) in [5.41, 5.74) is 3.65. The highest BCUT2D eigenvalue weighted by atomic mass is 35.5. The molecule has 1 aromatic heterocycles. The minimum absolute atomic E-state index is 0.0984. The summed E-state index contributed by atoms with van der Waals surface area (Å²) in [6.45, 7) is 3.99. The number of tetrazole rings is 1. The fourth-order valence-corrected chi connectivity index (χ4v) is 2.62. The van der Waals surface area contributed by atoms with E-state index in [1.807, 2.05) is 38.1 Å². The van der Waals surface area contributed by atoms with Crippen LogP contribution in [0.15, 0.2) is 52.4 Å². The van der Waals surface area contributed by atoms with Crippen LogP contribution < -0.4 is 5.69 Å². The highest BCUT2D eigenvalue weighted by molar-refractivity contribution is 6.31. The van der Waals surface area contributed by atoms with E-state index >= 15 is 0 Å². The van der Waals surface area contributed by atoms with Crippen molar-refractivity contribution < 1.29 is 4.84 Å². The number of oxime groups is 1. The molecule has 8 heteroatoms. The monoisotopic (exact) mass is 371 g/mol. The number of hydrogen-bond acceptors (Lipinski definition) is 5. The van der Waals surface area contributed by atoms with Gasteiger partial charge in [0.05, 0.1) is 11.4 Å². The zero-order valence-corrected chi connectivity index (χ0v) is 15.4. The van der Waals surface area contributed by atoms with Crippen molar-refractivity contribution in [2.75, 3.05) is 0 Å². The van der Waals surface area contributed by atoms with Crippen molar-refractivity contribution in [3.63, 3.8) is 0 Å². The smallest absolute Gasteiger partial charge is 0.368 e. The first-order valence-electron chi connectivity index (χ1n) is 7.97. The fourth-order valence-electron chi connectivity index (χ4n) is 2.39. The summed E-state index contributed by atoms with van der Waals surface area (Å²) in [4.78, 5) is 17.6. The van der Waals surface area contributed by atoms with E-state index in [-0.39, 0.29) is 12.3 Å². The lowest BCUT2D eigenvalue weighted by Gasteiger charge is -2.09. The largest absolute Gasteiger partial charge is 0.391 e. The van der Waals surface area contributed by atoms with Gasteiger partial charge in [-0.15, -0.1) is 0 Å². The van der Waals surface area contributed by atoms with E-state index in [9.17, 15) is 4.79 Å². The minimum atomic E-state index is -0.368. The third-order valence-electron chi connectivity index (χ3n) is 3.92. The van der Waals surface area contributed by atoms with Gasteiger partial charge in [0.1, 0.15) is 6.61 Å². The molecule has 0 atom stereocenters. The van der Waals surface area contributed by atoms with Crippen LogP contribution in [0.3, 0.4) is 0 Å². The number of nitrogens with zero attached hydrogens (tertiary/aromatic N) is 5. The van der Waals surface area contributed by atoms with Crippen molar-refractivity contribution >= 4 is 17.3 Å². The average molecular weight is 372 g/mol. The van der Waals surface area contributed by atoms with Crippen molar-refractivity contribution in [2.45, 2.75) is 20.5 Å². The Morgan fingerprint density at radius 3 is 2.58 bits per heavy atom. The van der Waals surface area contributed by atoms with Crippen LogP contribution in [-0.2, 0) is 18.5 Å². The maximum Gasteiger partial charge on any atom is 0.368 e. The second-order valence-corrected chi connectivity index (χ2v) is 6.26. The van der Waals surface area contributed by atoms with Crippen molar-refractivity contribution in [3.8, 4) is 5.69 Å². The molecule has 26 heavy (non-hydrogen) atoms. The first-order valence-corrected chi connectivity index (χ1v) is 8.35. The molecule has 0 amide bonds. The van der Waals surface area contributed by atoms with Gasteiger partial charge < -0.3 is 4.84 Å². The van der Waals surface area contributed by atoms with Crippen molar-refractivity contribution in [2.24, 2.45) is 12.2 Å². The second-order valence-electron chi connectivity index (χ2n) is 5.85. The number of aromatic nitrogens is 4. The molecular formula is C18H18ClN5O2. The number of hydrogen-bond donors (Lipinski definition) is 0. The van der Waals surface area contributed by atoms with Gasteiger partial charge in [-0.05, 0) is 42.0 Å². The molecule has 0 aliphatic rings. The van der Waals surface area contributed by atoms with E-state index in [1.54, 1.807) is 18.2 Å². The molecule has 1 heterocycles. The Morgan fingerprint density at radius 2 is 1.92 bits per heavy atom. The van der Waals surface area contributed by atoms with Gasteiger partial charge in [-0.1, -0.05) is 52.7 Å². The first-order chi connectivity index (χ1) is 12.5. The molecule has 7 nitrogen and oxygen atoms in total. The maximum absolute atomic E-state index is 12.1. The quantitative estimate of drug-likeness (QED) is 0.510. The molecule has 0 saturated carbocycles. The number of aryl methyl sites for hydroxylation is 2. The number of halogens is 1. The number of rotatable bonds is 5. The van der Waals surface area contributed by atoms with Gasteiger partial charge in [-0.2, -0.15) is 9.36 Å². The molecule has 0 fully saturated rings. The summed E-state index contributed by atoms with van der Waals surface area (Å²) in [5.74, 6) is 0. The topological polar surface area (TPSA) is 74.3 Å². The van der Waals surface area contributed by atoms with Crippen molar-refractivity contribution in [1.29, 1.82) is 0 Å². The SMILES string of the molecule is CC(=NOCc1c(Cl)cccc1-n1nnn(C)c1=O)c1ccc(C)cc1. The zero-order chi connectivity index (χ0) is 18.7. The zero-order valence-electron chi connectivity index (χ0n) is 14.7. The van der Waals surface area contributed by atoms with E-state index in [1.165, 1.54) is 17.3 Å². The normalized spacial score (nSPS) is 11.6. The van der Waals surface area contributed by atoms with Crippen LogP contribution in [0.1, 0.15) is 23.6 Å². The van der Waals surface area contributed by atoms with Crippen molar-refractivity contribution in [1.82, 2.24) is 19.8 Å². The van der Waals surface area contributed by atoms with E-state index in [0.29, 0.717) is 16.3 Å². The van der Waals surface area contributed by atoms with Gasteiger partial charge in [-0.25, -0.2) is 4.79 Å². The highest BCUT2D eigenvalue weighted by Gasteiger charge is 2.14. The maximum atomic E-state index is 12.1. The Hall–Kier alpha value is -2.93. The standard InChI is InChI=1S/C18H18ClN5O2/c1-12-7-9-14(10-8-12)13(2)20-26-11-15-16(19)5-4-6-17(15)24-18(25)23(3)21-22-24/h4-10H,11H2,1-3H3. The molecule has 0 aliphatic carbocycles. The highest BCUT2D eigenvalue weighted by Crippen LogP contribution is 2.23. The fraction of sp³-hybridized carbons (Fsp3) is 0.222. The molecule has 134 valence electrons. The Labute approximate surface area is 155 Å². The van der Waals surface area contributed by atoms with Gasteiger partial charge in [0.15, 0.2) is 0 Å². The van der Waals surface area contributed by atoms with Gasteiger partial charge in [-0.3, -0.25) is 0 Å². The summed E-state index contributed by atoms with van der Waals surface area (Å²) < 4.78 is 2.33. The molecule has 0 aliphatic heterocycles. The molecule has 0 bridgehead atoms. The average Bonchev–Trinajstić information content (AvgIpc) is 2.96. The lowest BCUT2D eigenvalue weighted by atomic mass is 10.1. The summed E-state index contributed by atoms with van der Waals surface area (Å²) in [6.07, 6.45) is 0. The van der Waals surface area contributed by atoms with Gasteiger partial charge in [0.25, 0.3) is 0 Å². The Kier molecular flexibility index (Phi) is 5.18. The van der Waals surface area contributed by atoms with Crippen molar-refractivity contribution in [3.05, 3.63) is 74.7 Å². The van der Waals surface area contributed by atoms with Crippen LogP contribution in [-0.4, -0.2) is 25.5 Å². The van der Waals surface area contributed by atoms with Crippen LogP contribution in [0.5, 0.6) is 0 Å². The molecule has 3 rings (SSSR count). The van der Waals surface area contributed by atoms with Crippen LogP contribution in [0.2, 0.25) is 5.02 Å². The Balaban J connectivity index is 1.84. The van der Waals surface area contributed by atoms with Crippen LogP contribution in [0, 0.1) is 6.92 Å². The molecular weight excluding hydrogens is 354 g/mol. The molecule has 0 saturated heterocycles. The predicted molar refractivity (Wildman–Crippen MR) is 99.8 cm³/mol. The van der Waals surface area contributed by atoms with Crippen LogP contribution >= 0.6 is 11.6 Å². The second kappa shape index (κ2) is 7.53. The summed E-state index contributed by atoms with van der Waals surface area (Å²) in [6, 6.07) is 13.2. The first kappa shape index (κ1) is 17.9. The van der Waals surface area contributed by atoms with Crippen LogP contribution in [0.4, 0.5) is 0 Å².